The minimum Gasteiger partial charge on any atom is -0.478 e. The summed E-state index contributed by atoms with van der Waals surface area (Å²) in [6, 6.07) is 6.41. The third-order valence-corrected chi connectivity index (χ3v) is 6.65. The van der Waals surface area contributed by atoms with E-state index in [1.54, 1.807) is 0 Å². The molecule has 1 fully saturated rings. The van der Waals surface area contributed by atoms with Gasteiger partial charge in [-0.15, -0.1) is 23.1 Å². The Balaban J connectivity index is 1.40. The fraction of sp³-hybridized carbons (Fsp3) is 0.368. The first kappa shape index (κ1) is 16.7. The van der Waals surface area contributed by atoms with Gasteiger partial charge in [0.05, 0.1) is 11.3 Å². The van der Waals surface area contributed by atoms with Crippen LogP contribution in [-0.2, 0) is 17.6 Å². The number of aromatic carboxylic acids is 1. The van der Waals surface area contributed by atoms with Crippen molar-refractivity contribution in [2.75, 3.05) is 11.1 Å². The molecule has 2 aliphatic carbocycles. The van der Waals surface area contributed by atoms with Crippen LogP contribution in [-0.4, -0.2) is 22.7 Å². The van der Waals surface area contributed by atoms with Crippen molar-refractivity contribution in [3.05, 3.63) is 45.8 Å². The molecule has 0 radical (unpaired) electrons. The maximum Gasteiger partial charge on any atom is 0.339 e. The monoisotopic (exact) mass is 373 g/mol. The fourth-order valence-corrected chi connectivity index (χ4v) is 5.14. The Bertz CT molecular complexity index is 839. The van der Waals surface area contributed by atoms with Crippen molar-refractivity contribution in [3.63, 3.8) is 0 Å². The van der Waals surface area contributed by atoms with Gasteiger partial charge in [-0.3, -0.25) is 4.79 Å². The summed E-state index contributed by atoms with van der Waals surface area (Å²) in [7, 11) is 0. The van der Waals surface area contributed by atoms with Gasteiger partial charge < -0.3 is 10.4 Å². The molecule has 4 rings (SSSR count). The van der Waals surface area contributed by atoms with Gasteiger partial charge >= 0.3 is 5.97 Å². The van der Waals surface area contributed by atoms with E-state index in [0.29, 0.717) is 10.9 Å². The Morgan fingerprint density at radius 2 is 2.04 bits per heavy atom. The van der Waals surface area contributed by atoms with Gasteiger partial charge in [0, 0.05) is 4.90 Å². The second-order valence-electron chi connectivity index (χ2n) is 6.60. The maximum atomic E-state index is 12.3. The number of rotatable bonds is 6. The number of carboxylic acids is 1. The SMILES string of the molecule is O=C(CSc1ccc2c(c1)CCC2)Nc1scc(C2CC2)c1C(=O)O. The van der Waals surface area contributed by atoms with E-state index in [1.165, 1.54) is 40.6 Å². The number of carbonyl (C=O) groups excluding carboxylic acids is 1. The topological polar surface area (TPSA) is 66.4 Å². The van der Waals surface area contributed by atoms with E-state index < -0.39 is 5.97 Å². The van der Waals surface area contributed by atoms with Crippen molar-refractivity contribution in [2.24, 2.45) is 0 Å². The quantitative estimate of drug-likeness (QED) is 0.730. The minimum atomic E-state index is -0.954. The molecule has 0 bridgehead atoms. The van der Waals surface area contributed by atoms with Gasteiger partial charge in [0.1, 0.15) is 5.00 Å². The van der Waals surface area contributed by atoms with Crippen LogP contribution < -0.4 is 5.32 Å². The van der Waals surface area contributed by atoms with Gasteiger partial charge in [-0.25, -0.2) is 4.79 Å². The average molecular weight is 373 g/mol. The second kappa shape index (κ2) is 6.84. The standard InChI is InChI=1S/C19H19NO3S2/c21-16(10-24-14-7-6-11-2-1-3-13(11)8-14)20-18-17(19(22)23)15(9-25-18)12-4-5-12/h6-9,12H,1-5,10H2,(H,20,21)(H,22,23). The number of thioether (sulfide) groups is 1. The number of nitrogens with one attached hydrogen (secondary N) is 1. The third kappa shape index (κ3) is 3.60. The lowest BCUT2D eigenvalue weighted by atomic mass is 10.1. The van der Waals surface area contributed by atoms with Crippen molar-refractivity contribution in [2.45, 2.75) is 42.9 Å². The van der Waals surface area contributed by atoms with Crippen molar-refractivity contribution in [3.8, 4) is 0 Å². The Morgan fingerprint density at radius 1 is 1.24 bits per heavy atom. The zero-order valence-corrected chi connectivity index (χ0v) is 15.3. The molecular weight excluding hydrogens is 354 g/mol. The fourth-order valence-electron chi connectivity index (χ4n) is 3.33. The lowest BCUT2D eigenvalue weighted by molar-refractivity contribution is -0.113. The van der Waals surface area contributed by atoms with Crippen LogP contribution in [0.5, 0.6) is 0 Å². The van der Waals surface area contributed by atoms with E-state index in [9.17, 15) is 14.7 Å². The molecule has 25 heavy (non-hydrogen) atoms. The van der Waals surface area contributed by atoms with Crippen molar-refractivity contribution in [1.29, 1.82) is 0 Å². The lowest BCUT2D eigenvalue weighted by Gasteiger charge is -2.07. The minimum absolute atomic E-state index is 0.155. The number of aryl methyl sites for hydroxylation is 2. The van der Waals surface area contributed by atoms with E-state index in [2.05, 4.69) is 23.5 Å². The molecule has 2 aromatic rings. The molecule has 1 saturated carbocycles. The summed E-state index contributed by atoms with van der Waals surface area (Å²) in [6.45, 7) is 0. The lowest BCUT2D eigenvalue weighted by Crippen LogP contribution is -2.15. The molecule has 0 aliphatic heterocycles. The predicted molar refractivity (Wildman–Crippen MR) is 101 cm³/mol. The Hall–Kier alpha value is -1.79. The summed E-state index contributed by atoms with van der Waals surface area (Å²) in [5, 5.41) is 14.6. The summed E-state index contributed by atoms with van der Waals surface area (Å²) >= 11 is 2.82. The van der Waals surface area contributed by atoms with Gasteiger partial charge in [0.15, 0.2) is 0 Å². The van der Waals surface area contributed by atoms with Crippen LogP contribution in [0.25, 0.3) is 0 Å². The van der Waals surface area contributed by atoms with Crippen LogP contribution in [0, 0.1) is 0 Å². The van der Waals surface area contributed by atoms with Crippen molar-refractivity contribution in [1.82, 2.24) is 0 Å². The van der Waals surface area contributed by atoms with Gasteiger partial charge in [-0.05, 0) is 72.2 Å². The van der Waals surface area contributed by atoms with Crippen LogP contribution in [0.4, 0.5) is 5.00 Å². The van der Waals surface area contributed by atoms with Crippen molar-refractivity contribution < 1.29 is 14.7 Å². The molecule has 2 N–H and O–H groups in total. The van der Waals surface area contributed by atoms with Gasteiger partial charge in [0.2, 0.25) is 5.91 Å². The van der Waals surface area contributed by atoms with E-state index in [0.717, 1.165) is 36.1 Å². The van der Waals surface area contributed by atoms with Crippen LogP contribution >= 0.6 is 23.1 Å². The molecule has 1 heterocycles. The van der Waals surface area contributed by atoms with E-state index >= 15 is 0 Å². The largest absolute Gasteiger partial charge is 0.478 e. The Labute approximate surface area is 154 Å². The van der Waals surface area contributed by atoms with E-state index in [1.807, 2.05) is 5.38 Å². The smallest absolute Gasteiger partial charge is 0.339 e. The number of benzene rings is 1. The molecule has 0 atom stereocenters. The van der Waals surface area contributed by atoms with E-state index in [4.69, 9.17) is 0 Å². The molecule has 130 valence electrons. The van der Waals surface area contributed by atoms with E-state index in [-0.39, 0.29) is 17.2 Å². The highest BCUT2D eigenvalue weighted by molar-refractivity contribution is 8.00. The molecule has 1 amide bonds. The highest BCUT2D eigenvalue weighted by atomic mass is 32.2. The first-order chi connectivity index (χ1) is 12.1. The molecule has 1 aromatic carbocycles. The molecule has 1 aromatic heterocycles. The van der Waals surface area contributed by atoms with Gasteiger partial charge in [-0.1, -0.05) is 6.07 Å². The number of hydrogen-bond acceptors (Lipinski definition) is 4. The summed E-state index contributed by atoms with van der Waals surface area (Å²) in [5.74, 6) is -0.468. The molecule has 0 spiro atoms. The number of carboxylic acid groups (broad SMARTS) is 1. The first-order valence-electron chi connectivity index (χ1n) is 8.51. The summed E-state index contributed by atoms with van der Waals surface area (Å²) in [5.41, 5.74) is 3.97. The number of amides is 1. The molecule has 0 saturated heterocycles. The molecule has 4 nitrogen and oxygen atoms in total. The highest BCUT2D eigenvalue weighted by Gasteiger charge is 2.31. The highest BCUT2D eigenvalue weighted by Crippen LogP contribution is 2.45. The van der Waals surface area contributed by atoms with Crippen LogP contribution in [0.15, 0.2) is 28.5 Å². The number of thiophene rings is 1. The van der Waals surface area contributed by atoms with Crippen molar-refractivity contribution >= 4 is 40.0 Å². The van der Waals surface area contributed by atoms with Crippen LogP contribution in [0.1, 0.15) is 52.2 Å². The average Bonchev–Trinajstić information content (AvgIpc) is 3.17. The second-order valence-corrected chi connectivity index (χ2v) is 8.52. The normalized spacial score (nSPS) is 15.8. The molecule has 6 heteroatoms. The van der Waals surface area contributed by atoms with Gasteiger partial charge in [-0.2, -0.15) is 0 Å². The number of anilines is 1. The van der Waals surface area contributed by atoms with Crippen LogP contribution in [0.3, 0.4) is 0 Å². The number of hydrogen-bond donors (Lipinski definition) is 2. The molecular formula is C19H19NO3S2. The molecule has 2 aliphatic rings. The molecule has 0 unspecified atom stereocenters. The Morgan fingerprint density at radius 3 is 2.80 bits per heavy atom. The summed E-state index contributed by atoms with van der Waals surface area (Å²) < 4.78 is 0. The number of fused-ring (bicyclic) bond motifs is 1. The predicted octanol–water partition coefficient (Wildman–Crippen LogP) is 4.54. The first-order valence-corrected chi connectivity index (χ1v) is 10.4. The summed E-state index contributed by atoms with van der Waals surface area (Å²) in [4.78, 5) is 24.9. The Kier molecular flexibility index (Phi) is 4.56. The zero-order chi connectivity index (χ0) is 17.4. The third-order valence-electron chi connectivity index (χ3n) is 4.74. The van der Waals surface area contributed by atoms with Crippen LogP contribution in [0.2, 0.25) is 0 Å². The maximum absolute atomic E-state index is 12.3. The zero-order valence-electron chi connectivity index (χ0n) is 13.7. The van der Waals surface area contributed by atoms with Gasteiger partial charge in [0.25, 0.3) is 0 Å². The summed E-state index contributed by atoms with van der Waals surface area (Å²) in [6.07, 6.45) is 5.57. The number of carbonyl (C=O) groups is 2.